The van der Waals surface area contributed by atoms with E-state index in [1.165, 1.54) is 0 Å². The van der Waals surface area contributed by atoms with E-state index in [2.05, 4.69) is 24.3 Å². The number of methoxy groups -OCH3 is 2. The van der Waals surface area contributed by atoms with Crippen LogP contribution >= 0.6 is 0 Å². The average molecular weight is 535 g/mol. The van der Waals surface area contributed by atoms with Gasteiger partial charge in [0.05, 0.1) is 26.1 Å². The van der Waals surface area contributed by atoms with Crippen molar-refractivity contribution in [2.45, 2.75) is 17.8 Å². The number of hydrogen-bond donors (Lipinski definition) is 1. The van der Waals surface area contributed by atoms with Crippen LogP contribution in [0.25, 0.3) is 11.1 Å². The number of carbonyl (C=O) groups excluding carboxylic acids is 1. The van der Waals surface area contributed by atoms with Crippen molar-refractivity contribution in [1.29, 1.82) is 0 Å². The Balaban J connectivity index is 1.37. The zero-order chi connectivity index (χ0) is 27.8. The minimum Gasteiger partial charge on any atom is -0.496 e. The van der Waals surface area contributed by atoms with Crippen molar-refractivity contribution in [3.8, 4) is 22.6 Å². The van der Waals surface area contributed by atoms with E-state index in [0.717, 1.165) is 22.3 Å². The molecule has 0 amide bonds. The van der Waals surface area contributed by atoms with Crippen molar-refractivity contribution in [3.05, 3.63) is 119 Å². The van der Waals surface area contributed by atoms with Crippen LogP contribution in [0.3, 0.4) is 0 Å². The number of carbonyl (C=O) groups is 2. The second-order valence-electron chi connectivity index (χ2n) is 10.3. The molecule has 0 heterocycles. The summed E-state index contributed by atoms with van der Waals surface area (Å²) in [6.45, 7) is 0.165. The summed E-state index contributed by atoms with van der Waals surface area (Å²) in [6.07, 6.45) is 0. The molecule has 2 unspecified atom stereocenters. The van der Waals surface area contributed by atoms with Crippen LogP contribution in [0.2, 0.25) is 0 Å². The van der Waals surface area contributed by atoms with Gasteiger partial charge in [-0.25, -0.2) is 0 Å². The predicted octanol–water partition coefficient (Wildman–Crippen LogP) is 6.26. The smallest absolute Gasteiger partial charge is 0.310 e. The summed E-state index contributed by atoms with van der Waals surface area (Å²) in [7, 11) is 3.10. The third-order valence-corrected chi connectivity index (χ3v) is 8.46. The normalized spacial score (nSPS) is 21.1. The molecule has 6 heteroatoms. The highest BCUT2D eigenvalue weighted by Crippen LogP contribution is 2.60. The Morgan fingerprint density at radius 3 is 1.50 bits per heavy atom. The summed E-state index contributed by atoms with van der Waals surface area (Å²) < 4.78 is 17.3. The Kier molecular flexibility index (Phi) is 6.76. The fourth-order valence-corrected chi connectivity index (χ4v) is 6.71. The first kappa shape index (κ1) is 25.7. The van der Waals surface area contributed by atoms with Crippen molar-refractivity contribution in [2.75, 3.05) is 20.8 Å². The largest absolute Gasteiger partial charge is 0.496 e. The Hall–Kier alpha value is -4.58. The Labute approximate surface area is 233 Å². The topological polar surface area (TPSA) is 82.1 Å². The molecule has 4 aromatic carbocycles. The zero-order valence-corrected chi connectivity index (χ0v) is 22.3. The molecular weight excluding hydrogens is 504 g/mol. The molecule has 6 rings (SSSR count). The summed E-state index contributed by atoms with van der Waals surface area (Å²) in [5.74, 6) is -3.25. The molecule has 4 aromatic rings. The summed E-state index contributed by atoms with van der Waals surface area (Å²) in [6, 6.07) is 30.9. The number of ether oxygens (including phenoxy) is 3. The van der Waals surface area contributed by atoms with Crippen LogP contribution in [0.15, 0.2) is 97.1 Å². The highest BCUT2D eigenvalue weighted by molar-refractivity contribution is 5.85. The van der Waals surface area contributed by atoms with Crippen LogP contribution in [0.1, 0.15) is 40.0 Å². The second kappa shape index (κ2) is 10.5. The van der Waals surface area contributed by atoms with Crippen molar-refractivity contribution in [3.63, 3.8) is 0 Å². The SMILES string of the molecule is COc1ccccc1C1C(C(=O)OCC2c3ccccc3-c3ccccc32)[C@@H](c2ccccc2OC)[C@H]1C(=O)O. The third-order valence-electron chi connectivity index (χ3n) is 8.46. The lowest BCUT2D eigenvalue weighted by molar-refractivity contribution is -0.164. The zero-order valence-electron chi connectivity index (χ0n) is 22.3. The van der Waals surface area contributed by atoms with Crippen LogP contribution in [-0.2, 0) is 14.3 Å². The van der Waals surface area contributed by atoms with Crippen molar-refractivity contribution in [2.24, 2.45) is 11.8 Å². The molecule has 2 aliphatic carbocycles. The number of carboxylic acid groups (broad SMARTS) is 1. The van der Waals surface area contributed by atoms with Gasteiger partial charge >= 0.3 is 11.9 Å². The van der Waals surface area contributed by atoms with Crippen LogP contribution in [0.5, 0.6) is 11.5 Å². The van der Waals surface area contributed by atoms with Gasteiger partial charge in [-0.05, 0) is 45.5 Å². The quantitative estimate of drug-likeness (QED) is 0.269. The molecule has 0 radical (unpaired) electrons. The van der Waals surface area contributed by atoms with Crippen molar-refractivity contribution in [1.82, 2.24) is 0 Å². The maximum atomic E-state index is 14.0. The molecule has 2 aliphatic rings. The number of benzene rings is 4. The van der Waals surface area contributed by atoms with Crippen LogP contribution in [0, 0.1) is 11.8 Å². The standard InChI is InChI=1S/C34H30O6/c1-38-27-17-9-7-15-24(27)29-31(33(35)36)30(25-16-8-10-18-28(25)39-2)32(29)34(37)40-19-26-22-13-5-3-11-20(22)21-12-4-6-14-23(21)26/h3-18,26,29-32H,19H2,1-2H3,(H,35,36)/t29-,30?,31+,32?/m0/s1. The van der Waals surface area contributed by atoms with Gasteiger partial charge in [-0.15, -0.1) is 0 Å². The molecule has 202 valence electrons. The number of para-hydroxylation sites is 2. The van der Waals surface area contributed by atoms with E-state index in [1.54, 1.807) is 26.4 Å². The second-order valence-corrected chi connectivity index (χ2v) is 10.3. The molecule has 0 saturated heterocycles. The lowest BCUT2D eigenvalue weighted by Crippen LogP contribution is -2.51. The number of aliphatic carboxylic acids is 1. The van der Waals surface area contributed by atoms with E-state index in [1.807, 2.05) is 60.7 Å². The van der Waals surface area contributed by atoms with Gasteiger partial charge in [-0.3, -0.25) is 9.59 Å². The first-order valence-electron chi connectivity index (χ1n) is 13.4. The van der Waals surface area contributed by atoms with Gasteiger partial charge in [0.25, 0.3) is 0 Å². The predicted molar refractivity (Wildman–Crippen MR) is 151 cm³/mol. The number of hydrogen-bond acceptors (Lipinski definition) is 5. The minimum atomic E-state index is -0.977. The fraction of sp³-hybridized carbons (Fsp3) is 0.235. The highest BCUT2D eigenvalue weighted by atomic mass is 16.5. The molecule has 40 heavy (non-hydrogen) atoms. The lowest BCUT2D eigenvalue weighted by Gasteiger charge is -2.49. The van der Waals surface area contributed by atoms with E-state index in [4.69, 9.17) is 14.2 Å². The number of rotatable bonds is 8. The number of esters is 1. The maximum absolute atomic E-state index is 14.0. The van der Waals surface area contributed by atoms with Gasteiger partial charge in [0.15, 0.2) is 0 Å². The molecule has 1 fully saturated rings. The molecule has 4 atom stereocenters. The Morgan fingerprint density at radius 1 is 0.625 bits per heavy atom. The first-order chi connectivity index (χ1) is 19.5. The first-order valence-corrected chi connectivity index (χ1v) is 13.4. The van der Waals surface area contributed by atoms with Gasteiger partial charge < -0.3 is 19.3 Å². The van der Waals surface area contributed by atoms with Gasteiger partial charge in [-0.1, -0.05) is 84.9 Å². The monoisotopic (exact) mass is 534 g/mol. The molecule has 0 spiro atoms. The fourth-order valence-electron chi connectivity index (χ4n) is 6.71. The van der Waals surface area contributed by atoms with Gasteiger partial charge in [0.1, 0.15) is 18.1 Å². The van der Waals surface area contributed by atoms with E-state index in [9.17, 15) is 14.7 Å². The summed E-state index contributed by atoms with van der Waals surface area (Å²) in [5.41, 5.74) is 5.90. The van der Waals surface area contributed by atoms with Gasteiger partial charge in [-0.2, -0.15) is 0 Å². The minimum absolute atomic E-state index is 0.0962. The molecule has 0 bridgehead atoms. The molecule has 1 saturated carbocycles. The van der Waals surface area contributed by atoms with Crippen LogP contribution < -0.4 is 9.47 Å². The molecular formula is C34H30O6. The molecule has 1 N–H and O–H groups in total. The van der Waals surface area contributed by atoms with Gasteiger partial charge in [0, 0.05) is 17.8 Å². The number of fused-ring (bicyclic) bond motifs is 3. The van der Waals surface area contributed by atoms with Crippen LogP contribution in [0.4, 0.5) is 0 Å². The van der Waals surface area contributed by atoms with Gasteiger partial charge in [0.2, 0.25) is 0 Å². The lowest BCUT2D eigenvalue weighted by atomic mass is 9.52. The van der Waals surface area contributed by atoms with Crippen molar-refractivity contribution >= 4 is 11.9 Å². The summed E-state index contributed by atoms with van der Waals surface area (Å²) in [5, 5.41) is 10.4. The van der Waals surface area contributed by atoms with Crippen LogP contribution in [-0.4, -0.2) is 37.9 Å². The summed E-state index contributed by atoms with van der Waals surface area (Å²) in [4.78, 5) is 26.8. The number of carboxylic acids is 1. The maximum Gasteiger partial charge on any atom is 0.310 e. The molecule has 0 aliphatic heterocycles. The average Bonchev–Trinajstić information content (AvgIpc) is 3.29. The van der Waals surface area contributed by atoms with Crippen molar-refractivity contribution < 1.29 is 28.9 Å². The highest BCUT2D eigenvalue weighted by Gasteiger charge is 2.60. The summed E-state index contributed by atoms with van der Waals surface area (Å²) >= 11 is 0. The van der Waals surface area contributed by atoms with E-state index < -0.39 is 35.6 Å². The van der Waals surface area contributed by atoms with E-state index >= 15 is 0 Å². The Morgan fingerprint density at radius 2 is 1.05 bits per heavy atom. The third kappa shape index (κ3) is 4.11. The van der Waals surface area contributed by atoms with E-state index in [-0.39, 0.29) is 12.5 Å². The Bertz CT molecular complexity index is 1480. The molecule has 0 aromatic heterocycles. The van der Waals surface area contributed by atoms with E-state index in [0.29, 0.717) is 22.6 Å². The molecule has 6 nitrogen and oxygen atoms in total.